The van der Waals surface area contributed by atoms with E-state index < -0.39 is 12.1 Å². The van der Waals surface area contributed by atoms with Crippen molar-refractivity contribution >= 4 is 28.9 Å². The number of morpholine rings is 1. The van der Waals surface area contributed by atoms with Crippen LogP contribution in [0.5, 0.6) is 0 Å². The summed E-state index contributed by atoms with van der Waals surface area (Å²) in [5.41, 5.74) is 2.01. The molecule has 0 saturated carbocycles. The molecule has 1 N–H and O–H groups in total. The van der Waals surface area contributed by atoms with Gasteiger partial charge in [-0.2, -0.15) is 13.2 Å². The van der Waals surface area contributed by atoms with Crippen molar-refractivity contribution in [3.63, 3.8) is 0 Å². The molecule has 1 amide bonds. The van der Waals surface area contributed by atoms with Crippen LogP contribution in [0.1, 0.15) is 29.0 Å². The number of aliphatic carboxylic acids is 1. The lowest BCUT2D eigenvalue weighted by Gasteiger charge is -2.32. The fourth-order valence-electron chi connectivity index (χ4n) is 4.05. The molecule has 0 aliphatic carbocycles. The zero-order valence-corrected chi connectivity index (χ0v) is 19.3. The minimum absolute atomic E-state index is 0.0355. The van der Waals surface area contributed by atoms with Crippen molar-refractivity contribution in [3.8, 4) is 0 Å². The summed E-state index contributed by atoms with van der Waals surface area (Å²) >= 11 is 0. The molecule has 15 heteroatoms. The van der Waals surface area contributed by atoms with E-state index in [0.717, 1.165) is 31.7 Å². The van der Waals surface area contributed by atoms with Gasteiger partial charge in [-0.05, 0) is 25.8 Å². The van der Waals surface area contributed by atoms with E-state index in [2.05, 4.69) is 25.2 Å². The second kappa shape index (κ2) is 10.5. The lowest BCUT2D eigenvalue weighted by atomic mass is 10.2. The maximum atomic E-state index is 12.8. The Labute approximate surface area is 202 Å². The highest BCUT2D eigenvalue weighted by atomic mass is 19.4. The molecule has 2 fully saturated rings. The molecule has 1 atom stereocenters. The first-order valence-corrected chi connectivity index (χ1v) is 11.2. The van der Waals surface area contributed by atoms with Gasteiger partial charge in [0.15, 0.2) is 17.0 Å². The molecule has 2 aliphatic heterocycles. The molecular formula is C21H24F3N7O5. The maximum Gasteiger partial charge on any atom is 0.490 e. The molecule has 1 unspecified atom stereocenters. The molecule has 5 rings (SSSR count). The molecule has 0 spiro atoms. The second-order valence-corrected chi connectivity index (χ2v) is 8.27. The molecule has 194 valence electrons. The smallest absolute Gasteiger partial charge is 0.475 e. The average Bonchev–Trinajstić information content (AvgIpc) is 3.60. The predicted octanol–water partition coefficient (Wildman–Crippen LogP) is 1.90. The van der Waals surface area contributed by atoms with Crippen molar-refractivity contribution in [2.75, 3.05) is 37.7 Å². The zero-order valence-electron chi connectivity index (χ0n) is 19.3. The largest absolute Gasteiger partial charge is 0.490 e. The number of alkyl halides is 3. The monoisotopic (exact) mass is 511 g/mol. The third kappa shape index (κ3) is 5.56. The molecule has 36 heavy (non-hydrogen) atoms. The Morgan fingerprint density at radius 1 is 1.19 bits per heavy atom. The van der Waals surface area contributed by atoms with Crippen molar-refractivity contribution < 1.29 is 37.0 Å². The maximum absolute atomic E-state index is 12.8. The van der Waals surface area contributed by atoms with Gasteiger partial charge in [0.25, 0.3) is 5.91 Å². The number of nitrogens with zero attached hydrogens (tertiary/aromatic N) is 7. The highest BCUT2D eigenvalue weighted by molar-refractivity contribution is 5.95. The van der Waals surface area contributed by atoms with Crippen LogP contribution in [0.3, 0.4) is 0 Å². The lowest BCUT2D eigenvalue weighted by molar-refractivity contribution is -0.192. The number of aryl methyl sites for hydroxylation is 1. The second-order valence-electron chi connectivity index (χ2n) is 8.27. The quantitative estimate of drug-likeness (QED) is 0.552. The van der Waals surface area contributed by atoms with Crippen molar-refractivity contribution in [2.24, 2.45) is 0 Å². The number of aromatic nitrogens is 5. The molecule has 0 bridgehead atoms. The summed E-state index contributed by atoms with van der Waals surface area (Å²) in [6.45, 7) is 5.75. The van der Waals surface area contributed by atoms with Gasteiger partial charge in [0.1, 0.15) is 12.1 Å². The first-order valence-electron chi connectivity index (χ1n) is 11.2. The summed E-state index contributed by atoms with van der Waals surface area (Å²) in [4.78, 5) is 34.5. The van der Waals surface area contributed by atoms with Crippen molar-refractivity contribution in [3.05, 3.63) is 30.0 Å². The number of anilines is 1. The molecule has 2 saturated heterocycles. The van der Waals surface area contributed by atoms with Crippen LogP contribution in [0.4, 0.5) is 19.0 Å². The number of carboxylic acids is 1. The molecule has 3 aromatic rings. The molecule has 0 aromatic carbocycles. The highest BCUT2D eigenvalue weighted by Crippen LogP contribution is 2.24. The van der Waals surface area contributed by atoms with Gasteiger partial charge in [0, 0.05) is 26.2 Å². The van der Waals surface area contributed by atoms with E-state index in [1.54, 1.807) is 35.2 Å². The Kier molecular flexibility index (Phi) is 7.37. The van der Waals surface area contributed by atoms with Crippen LogP contribution < -0.4 is 4.90 Å². The van der Waals surface area contributed by atoms with Crippen LogP contribution in [-0.2, 0) is 16.1 Å². The van der Waals surface area contributed by atoms with Crippen LogP contribution in [0.25, 0.3) is 11.2 Å². The van der Waals surface area contributed by atoms with Crippen molar-refractivity contribution in [2.45, 2.75) is 38.6 Å². The van der Waals surface area contributed by atoms with Gasteiger partial charge in [-0.15, -0.1) is 5.10 Å². The normalized spacial score (nSPS) is 18.3. The van der Waals surface area contributed by atoms with Gasteiger partial charge in [-0.25, -0.2) is 19.4 Å². The van der Waals surface area contributed by atoms with E-state index >= 15 is 0 Å². The molecule has 2 aliphatic rings. The number of ether oxygens (including phenoxy) is 1. The van der Waals surface area contributed by atoms with Gasteiger partial charge in [0.2, 0.25) is 0 Å². The Balaban J connectivity index is 0.000000384. The third-order valence-corrected chi connectivity index (χ3v) is 5.82. The predicted molar refractivity (Wildman–Crippen MR) is 117 cm³/mol. The number of fused-ring (bicyclic) bond motifs is 1. The number of hydrogen-bond acceptors (Lipinski definition) is 9. The highest BCUT2D eigenvalue weighted by Gasteiger charge is 2.38. The molecule has 0 radical (unpaired) electrons. The minimum atomic E-state index is -5.08. The Bertz CT molecular complexity index is 1220. The summed E-state index contributed by atoms with van der Waals surface area (Å²) in [5, 5.41) is 15.8. The van der Waals surface area contributed by atoms with E-state index in [1.165, 1.54) is 0 Å². The van der Waals surface area contributed by atoms with E-state index in [4.69, 9.17) is 19.1 Å². The van der Waals surface area contributed by atoms with E-state index in [1.807, 2.05) is 0 Å². The van der Waals surface area contributed by atoms with Crippen LogP contribution in [0, 0.1) is 6.92 Å². The van der Waals surface area contributed by atoms with E-state index in [-0.39, 0.29) is 12.0 Å². The molecule has 12 nitrogen and oxygen atoms in total. The fourth-order valence-corrected chi connectivity index (χ4v) is 4.05. The number of hydrogen-bond donors (Lipinski definition) is 1. The Morgan fingerprint density at radius 2 is 1.92 bits per heavy atom. The van der Waals surface area contributed by atoms with Gasteiger partial charge in [-0.1, -0.05) is 5.21 Å². The summed E-state index contributed by atoms with van der Waals surface area (Å²) in [5.74, 6) is -1.32. The fraction of sp³-hybridized carbons (Fsp3) is 0.524. The topological polar surface area (TPSA) is 140 Å². The number of carboxylic acid groups (broad SMARTS) is 1. The number of carbonyl (C=O) groups excluding carboxylic acids is 1. The SMILES string of the molecule is Cc1occc1C(=O)N1CCOC(Cn2nnc3c(N4CCCC4)ncnc32)C1.O=C(O)C(F)(F)F. The molecule has 3 aromatic heterocycles. The number of furan rings is 1. The van der Waals surface area contributed by atoms with Crippen LogP contribution in [0.15, 0.2) is 23.1 Å². The lowest BCUT2D eigenvalue weighted by Crippen LogP contribution is -2.47. The van der Waals surface area contributed by atoms with Crippen LogP contribution >= 0.6 is 0 Å². The number of carbonyl (C=O) groups is 2. The number of halogens is 3. The summed E-state index contributed by atoms with van der Waals surface area (Å²) in [6.07, 6.45) is 0.162. The first-order chi connectivity index (χ1) is 17.1. The van der Waals surface area contributed by atoms with Gasteiger partial charge in [0.05, 0.1) is 31.1 Å². The molecule has 5 heterocycles. The first kappa shape index (κ1) is 25.3. The van der Waals surface area contributed by atoms with Crippen molar-refractivity contribution in [1.29, 1.82) is 0 Å². The average molecular weight is 511 g/mol. The van der Waals surface area contributed by atoms with E-state index in [0.29, 0.717) is 48.7 Å². The summed E-state index contributed by atoms with van der Waals surface area (Å²) in [6, 6.07) is 1.71. The van der Waals surface area contributed by atoms with Gasteiger partial charge in [-0.3, -0.25) is 4.79 Å². The van der Waals surface area contributed by atoms with E-state index in [9.17, 15) is 18.0 Å². The Morgan fingerprint density at radius 3 is 2.56 bits per heavy atom. The standard InChI is InChI=1S/C19H23N7O3.C2HF3O2/c1-13-15(4-8-28-13)19(27)25-7-9-29-14(10-25)11-26-18-16(22-23-26)17(20-12-21-18)24-5-2-3-6-24;3-2(4,5)1(6)7/h4,8,12,14H,2-3,5-7,9-11H2,1H3;(H,6,7). The van der Waals surface area contributed by atoms with Gasteiger partial charge >= 0.3 is 12.1 Å². The van der Waals surface area contributed by atoms with Crippen LogP contribution in [-0.4, -0.2) is 91.9 Å². The molecular weight excluding hydrogens is 487 g/mol. The Hall–Kier alpha value is -3.75. The van der Waals surface area contributed by atoms with Crippen LogP contribution in [0.2, 0.25) is 0 Å². The number of rotatable bonds is 4. The third-order valence-electron chi connectivity index (χ3n) is 5.82. The zero-order chi connectivity index (χ0) is 25.9. The van der Waals surface area contributed by atoms with Gasteiger partial charge < -0.3 is 24.1 Å². The summed E-state index contributed by atoms with van der Waals surface area (Å²) in [7, 11) is 0. The summed E-state index contributed by atoms with van der Waals surface area (Å²) < 4.78 is 44.7. The minimum Gasteiger partial charge on any atom is -0.475 e. The number of amides is 1. The van der Waals surface area contributed by atoms with Crippen molar-refractivity contribution in [1.82, 2.24) is 29.9 Å².